The van der Waals surface area contributed by atoms with E-state index in [9.17, 15) is 18.0 Å². The number of halogens is 6. The Morgan fingerprint density at radius 1 is 1.28 bits per heavy atom. The van der Waals surface area contributed by atoms with Crippen LogP contribution in [0.1, 0.15) is 31.1 Å². The van der Waals surface area contributed by atoms with Gasteiger partial charge in [0.1, 0.15) is 0 Å². The Morgan fingerprint density at radius 3 is 2.59 bits per heavy atom. The maximum absolute atomic E-state index is 14.6. The molecular weight excluding hydrogens is 671 g/mol. The zero-order valence-corrected chi connectivity index (χ0v) is 22.4. The second-order valence-electron chi connectivity index (χ2n) is 7.64. The SMILES string of the molecule is COC(=O)C1=C(CI)C(C)(C)C[I-]C(c2ncc(F)cc2F)=NC1c1ccc(F)cc1Cl. The molecule has 0 amide bonds. The van der Waals surface area contributed by atoms with Gasteiger partial charge in [-0.1, -0.05) is 0 Å². The average Bonchev–Trinajstić information content (AvgIpc) is 2.72. The Balaban J connectivity index is 2.36. The molecule has 32 heavy (non-hydrogen) atoms. The molecule has 1 aliphatic heterocycles. The summed E-state index contributed by atoms with van der Waals surface area (Å²) in [4.78, 5) is 21.7. The van der Waals surface area contributed by atoms with Gasteiger partial charge in [-0.2, -0.15) is 0 Å². The molecule has 172 valence electrons. The van der Waals surface area contributed by atoms with Crippen molar-refractivity contribution in [2.75, 3.05) is 16.0 Å². The first-order valence-corrected chi connectivity index (χ1v) is 13.9. The van der Waals surface area contributed by atoms with Crippen LogP contribution < -0.4 is 21.2 Å². The number of benzene rings is 1. The van der Waals surface area contributed by atoms with Gasteiger partial charge in [-0.05, 0) is 0 Å². The average molecular weight is 690 g/mol. The second-order valence-corrected chi connectivity index (χ2v) is 11.4. The molecule has 0 aliphatic carbocycles. The number of carbonyl (C=O) groups excluding carboxylic acids is 1. The molecule has 1 aromatic heterocycles. The molecule has 1 aliphatic rings. The van der Waals surface area contributed by atoms with Crippen LogP contribution in [0.4, 0.5) is 13.2 Å². The standard InChI is InChI=1S/C22H19ClF3I2N2O2/c1-22(2)10-28-20(19-16(26)7-12(25)9-29-19)30-18(13-5-4-11(24)6-15(13)23)17(14(22)8-27)21(31)32-3/h4-7,9,18H,8,10H2,1-3H3/q-1. The summed E-state index contributed by atoms with van der Waals surface area (Å²) in [6, 6.07) is 3.62. The van der Waals surface area contributed by atoms with E-state index in [4.69, 9.17) is 21.3 Å². The molecule has 0 radical (unpaired) electrons. The summed E-state index contributed by atoms with van der Waals surface area (Å²) in [5.74, 6) is -2.75. The zero-order chi connectivity index (χ0) is 23.6. The number of hydrogen-bond acceptors (Lipinski definition) is 4. The fourth-order valence-electron chi connectivity index (χ4n) is 3.29. The van der Waals surface area contributed by atoms with Crippen LogP contribution in [-0.4, -0.2) is 30.6 Å². The normalized spacial score (nSPS) is 18.9. The summed E-state index contributed by atoms with van der Waals surface area (Å²) in [6.45, 7) is 4.01. The Hall–Kier alpha value is -1.21. The quantitative estimate of drug-likeness (QED) is 0.282. The number of pyridine rings is 1. The molecule has 0 saturated carbocycles. The second kappa shape index (κ2) is 10.4. The molecule has 1 aromatic carbocycles. The van der Waals surface area contributed by atoms with Crippen molar-refractivity contribution in [3.8, 4) is 0 Å². The zero-order valence-electron chi connectivity index (χ0n) is 17.4. The van der Waals surface area contributed by atoms with Crippen LogP contribution >= 0.6 is 34.2 Å². The van der Waals surface area contributed by atoms with Gasteiger partial charge in [0.2, 0.25) is 0 Å². The molecule has 2 aromatic rings. The minimum atomic E-state index is -0.958. The molecule has 0 fully saturated rings. The van der Waals surface area contributed by atoms with E-state index in [1.165, 1.54) is 19.2 Å². The number of aromatic nitrogens is 1. The first-order valence-electron chi connectivity index (χ1n) is 9.40. The van der Waals surface area contributed by atoms with Gasteiger partial charge in [-0.25, -0.2) is 0 Å². The number of rotatable bonds is 4. The summed E-state index contributed by atoms with van der Waals surface area (Å²) in [7, 11) is 1.27. The summed E-state index contributed by atoms with van der Waals surface area (Å²) < 4.78 is 48.5. The van der Waals surface area contributed by atoms with Gasteiger partial charge in [-0.3, -0.25) is 0 Å². The van der Waals surface area contributed by atoms with E-state index in [2.05, 4.69) is 27.6 Å². The number of esters is 1. The summed E-state index contributed by atoms with van der Waals surface area (Å²) >= 11 is 7.66. The van der Waals surface area contributed by atoms with Crippen LogP contribution in [0.25, 0.3) is 0 Å². The predicted molar refractivity (Wildman–Crippen MR) is 121 cm³/mol. The van der Waals surface area contributed by atoms with E-state index in [0.29, 0.717) is 18.1 Å². The fraction of sp³-hybridized carbons (Fsp3) is 0.318. The first-order chi connectivity index (χ1) is 15.1. The van der Waals surface area contributed by atoms with E-state index < -0.39 is 56.1 Å². The summed E-state index contributed by atoms with van der Waals surface area (Å²) in [5.41, 5.74) is 1.02. The number of carbonyl (C=O) groups is 1. The molecule has 0 spiro atoms. The van der Waals surface area contributed by atoms with Crippen molar-refractivity contribution in [1.82, 2.24) is 4.98 Å². The minimum absolute atomic E-state index is 0.0552. The van der Waals surface area contributed by atoms with Crippen molar-refractivity contribution >= 4 is 43.9 Å². The Morgan fingerprint density at radius 2 is 2.00 bits per heavy atom. The van der Waals surface area contributed by atoms with Crippen molar-refractivity contribution in [2.45, 2.75) is 19.9 Å². The van der Waals surface area contributed by atoms with Gasteiger partial charge >= 0.3 is 214 Å². The number of methoxy groups -OCH3 is 1. The van der Waals surface area contributed by atoms with Crippen LogP contribution in [0.2, 0.25) is 5.02 Å². The van der Waals surface area contributed by atoms with E-state index >= 15 is 0 Å². The molecule has 10 heteroatoms. The molecule has 4 nitrogen and oxygen atoms in total. The number of ether oxygens (including phenoxy) is 1. The van der Waals surface area contributed by atoms with Crippen molar-refractivity contribution in [2.24, 2.45) is 10.4 Å². The van der Waals surface area contributed by atoms with Crippen molar-refractivity contribution in [3.63, 3.8) is 0 Å². The number of nitrogens with zero attached hydrogens (tertiary/aromatic N) is 2. The van der Waals surface area contributed by atoms with E-state index in [1.54, 1.807) is 0 Å². The molecule has 2 heterocycles. The van der Waals surface area contributed by atoms with Gasteiger partial charge in [-0.15, -0.1) is 0 Å². The summed E-state index contributed by atoms with van der Waals surface area (Å²) in [5, 5.41) is 0.0800. The maximum atomic E-state index is 14.6. The third-order valence-corrected chi connectivity index (χ3v) is 9.88. The molecule has 1 atom stereocenters. The predicted octanol–water partition coefficient (Wildman–Crippen LogP) is 2.67. The number of hydrogen-bond donors (Lipinski definition) is 0. The Kier molecular flexibility index (Phi) is 8.24. The van der Waals surface area contributed by atoms with Gasteiger partial charge in [0.25, 0.3) is 0 Å². The summed E-state index contributed by atoms with van der Waals surface area (Å²) in [6.07, 6.45) is 0.932. The van der Waals surface area contributed by atoms with Crippen LogP contribution in [0, 0.1) is 22.9 Å². The molecule has 3 rings (SSSR count). The molecule has 1 unspecified atom stereocenters. The molecule has 0 saturated heterocycles. The van der Waals surface area contributed by atoms with Crippen molar-refractivity contribution in [1.29, 1.82) is 0 Å². The fourth-order valence-corrected chi connectivity index (χ4v) is 8.01. The number of allylic oxidation sites excluding steroid dienone is 1. The van der Waals surface area contributed by atoms with Gasteiger partial charge in [0.05, 0.1) is 0 Å². The third kappa shape index (κ3) is 5.30. The van der Waals surface area contributed by atoms with Crippen LogP contribution in [-0.2, 0) is 9.53 Å². The van der Waals surface area contributed by atoms with Crippen LogP contribution in [0.15, 0.2) is 46.6 Å². The number of aliphatic imine (C=N–C) groups is 1. The molecule has 0 N–H and O–H groups in total. The third-order valence-electron chi connectivity index (χ3n) is 4.98. The van der Waals surface area contributed by atoms with Gasteiger partial charge < -0.3 is 0 Å². The van der Waals surface area contributed by atoms with E-state index in [0.717, 1.165) is 23.9 Å². The van der Waals surface area contributed by atoms with Crippen LogP contribution in [0.5, 0.6) is 0 Å². The monoisotopic (exact) mass is 689 g/mol. The topological polar surface area (TPSA) is 51.5 Å². The van der Waals surface area contributed by atoms with Crippen LogP contribution in [0.3, 0.4) is 0 Å². The van der Waals surface area contributed by atoms with Gasteiger partial charge in [0.15, 0.2) is 0 Å². The van der Waals surface area contributed by atoms with E-state index in [1.807, 2.05) is 13.8 Å². The Labute approximate surface area is 213 Å². The van der Waals surface area contributed by atoms with Crippen molar-refractivity contribution < 1.29 is 43.9 Å². The first kappa shape index (κ1) is 25.4. The van der Waals surface area contributed by atoms with E-state index in [-0.39, 0.29) is 16.3 Å². The van der Waals surface area contributed by atoms with Crippen molar-refractivity contribution in [3.05, 3.63) is 75.3 Å². The Bertz CT molecular complexity index is 1120. The molecular formula is C22H19ClF3I2N2O2-. The molecule has 0 bridgehead atoms. The van der Waals surface area contributed by atoms with Gasteiger partial charge in [0, 0.05) is 0 Å². The number of alkyl halides is 2.